The molecule has 4 bridgehead atoms. The van der Waals surface area contributed by atoms with Crippen molar-refractivity contribution in [1.82, 2.24) is 0 Å². The van der Waals surface area contributed by atoms with Gasteiger partial charge >= 0.3 is 12.1 Å². The number of aryl methyl sites for hydroxylation is 1. The predicted molar refractivity (Wildman–Crippen MR) is 110 cm³/mol. The molecule has 172 valence electrons. The number of carbonyl (C=O) groups is 1. The summed E-state index contributed by atoms with van der Waals surface area (Å²) < 4.78 is 61.4. The van der Waals surface area contributed by atoms with Crippen LogP contribution < -0.4 is 4.72 Å². The first-order valence-electron chi connectivity index (χ1n) is 10.7. The van der Waals surface area contributed by atoms with E-state index in [1.807, 2.05) is 0 Å². The third kappa shape index (κ3) is 3.77. The Bertz CT molecular complexity index is 868. The molecular formula is C22H28F3NO4S. The van der Waals surface area contributed by atoms with Gasteiger partial charge in [0, 0.05) is 11.3 Å². The van der Waals surface area contributed by atoms with E-state index in [2.05, 4.69) is 9.46 Å². The van der Waals surface area contributed by atoms with Gasteiger partial charge in [-0.15, -0.1) is 0 Å². The highest BCUT2D eigenvalue weighted by molar-refractivity contribution is 7.87. The Morgan fingerprint density at radius 3 is 2.19 bits per heavy atom. The quantitative estimate of drug-likeness (QED) is 0.620. The maximum Gasteiger partial charge on any atom is 0.432 e. The molecule has 9 heteroatoms. The number of aliphatic hydroxyl groups is 1. The Labute approximate surface area is 182 Å². The van der Waals surface area contributed by atoms with Gasteiger partial charge in [0.25, 0.3) is 5.60 Å². The molecule has 2 N–H and O–H groups in total. The Morgan fingerprint density at radius 2 is 1.74 bits per heavy atom. The highest BCUT2D eigenvalue weighted by atomic mass is 32.2. The number of carbonyl (C=O) groups excluding carboxylic acids is 1. The molecule has 2 atom stereocenters. The van der Waals surface area contributed by atoms with E-state index in [4.69, 9.17) is 0 Å². The predicted octanol–water partition coefficient (Wildman–Crippen LogP) is 4.35. The summed E-state index contributed by atoms with van der Waals surface area (Å²) >= 11 is 0. The maximum atomic E-state index is 13.6. The Hall–Kier alpha value is -1.61. The Kier molecular flexibility index (Phi) is 5.65. The molecule has 5 rings (SSSR count). The molecule has 1 aromatic carbocycles. The van der Waals surface area contributed by atoms with Crippen LogP contribution in [-0.2, 0) is 26.1 Å². The SMILES string of the molecule is CCOC(=O)[C@@](O)(c1ccc(N[S@](=O)C23CC4CC(CC(C4)C2)C3)c(C)c1)C(F)(F)F. The van der Waals surface area contributed by atoms with Crippen LogP contribution >= 0.6 is 0 Å². The van der Waals surface area contributed by atoms with Crippen molar-refractivity contribution in [3.63, 3.8) is 0 Å². The second-order valence-electron chi connectivity index (χ2n) is 9.43. The Balaban J connectivity index is 1.58. The first-order chi connectivity index (χ1) is 14.5. The lowest BCUT2D eigenvalue weighted by Crippen LogP contribution is -2.54. The minimum atomic E-state index is -5.25. The zero-order valence-corrected chi connectivity index (χ0v) is 18.4. The van der Waals surface area contributed by atoms with Crippen LogP contribution in [0.4, 0.5) is 18.9 Å². The fourth-order valence-electron chi connectivity index (χ4n) is 6.10. The highest BCUT2D eigenvalue weighted by Gasteiger charge is 2.62. The van der Waals surface area contributed by atoms with Crippen LogP contribution in [0.5, 0.6) is 0 Å². The van der Waals surface area contributed by atoms with Gasteiger partial charge in [0.05, 0.1) is 11.4 Å². The highest BCUT2D eigenvalue weighted by Crippen LogP contribution is 2.58. The van der Waals surface area contributed by atoms with Crippen LogP contribution in [-0.4, -0.2) is 32.8 Å². The first-order valence-corrected chi connectivity index (χ1v) is 11.9. The van der Waals surface area contributed by atoms with Crippen LogP contribution in [0.2, 0.25) is 0 Å². The molecule has 0 amide bonds. The molecule has 4 aliphatic rings. The van der Waals surface area contributed by atoms with E-state index in [1.54, 1.807) is 6.92 Å². The van der Waals surface area contributed by atoms with Crippen LogP contribution in [0, 0.1) is 24.7 Å². The number of benzene rings is 1. The van der Waals surface area contributed by atoms with Crippen molar-refractivity contribution >= 4 is 22.6 Å². The average molecular weight is 460 g/mol. The van der Waals surface area contributed by atoms with E-state index >= 15 is 0 Å². The maximum absolute atomic E-state index is 13.6. The van der Waals surface area contributed by atoms with Crippen LogP contribution in [0.3, 0.4) is 0 Å². The van der Waals surface area contributed by atoms with Crippen molar-refractivity contribution in [2.45, 2.75) is 68.9 Å². The van der Waals surface area contributed by atoms with E-state index in [0.717, 1.165) is 31.4 Å². The third-order valence-corrected chi connectivity index (χ3v) is 8.90. The minimum Gasteiger partial charge on any atom is -0.463 e. The zero-order valence-electron chi connectivity index (χ0n) is 17.6. The number of esters is 1. The second kappa shape index (κ2) is 7.76. The molecule has 31 heavy (non-hydrogen) atoms. The fraction of sp³-hybridized carbons (Fsp3) is 0.682. The van der Waals surface area contributed by atoms with Gasteiger partial charge in [0.15, 0.2) is 0 Å². The Morgan fingerprint density at radius 1 is 1.19 bits per heavy atom. The number of alkyl halides is 3. The van der Waals surface area contributed by atoms with Gasteiger partial charge in [0.1, 0.15) is 11.0 Å². The topological polar surface area (TPSA) is 75.6 Å². The molecule has 0 spiro atoms. The number of anilines is 1. The number of hydrogen-bond acceptors (Lipinski definition) is 4. The summed E-state index contributed by atoms with van der Waals surface area (Å²) in [4.78, 5) is 12.0. The summed E-state index contributed by atoms with van der Waals surface area (Å²) in [7, 11) is -1.37. The molecule has 0 radical (unpaired) electrons. The minimum absolute atomic E-state index is 0.280. The molecule has 0 heterocycles. The van der Waals surface area contributed by atoms with Crippen molar-refractivity contribution in [1.29, 1.82) is 0 Å². The van der Waals surface area contributed by atoms with Gasteiger partial charge in [-0.25, -0.2) is 9.00 Å². The van der Waals surface area contributed by atoms with E-state index in [0.29, 0.717) is 29.0 Å². The zero-order chi connectivity index (χ0) is 22.6. The van der Waals surface area contributed by atoms with Crippen molar-refractivity contribution in [3.05, 3.63) is 29.3 Å². The molecule has 0 aliphatic heterocycles. The largest absolute Gasteiger partial charge is 0.463 e. The lowest BCUT2D eigenvalue weighted by molar-refractivity contribution is -0.267. The second-order valence-corrected chi connectivity index (χ2v) is 11.0. The molecule has 4 fully saturated rings. The molecule has 4 aliphatic carbocycles. The number of nitrogens with one attached hydrogen (secondary N) is 1. The standard InChI is InChI=1S/C22H28F3NO4S/c1-3-30-19(27)21(28,22(23,24)25)17-4-5-18(13(2)6-17)26-31(29)20-10-14-7-15(11-20)9-16(8-14)12-20/h4-6,14-16,26,28H,3,7-12H2,1-2H3/t14?,15?,16?,20?,21-,31+/m0/s1. The molecular weight excluding hydrogens is 431 g/mol. The van der Waals surface area contributed by atoms with Gasteiger partial charge < -0.3 is 14.6 Å². The summed E-state index contributed by atoms with van der Waals surface area (Å²) in [6, 6.07) is 3.49. The normalized spacial score (nSPS) is 32.4. The lowest BCUT2D eigenvalue weighted by atomic mass is 9.56. The number of rotatable bonds is 6. The van der Waals surface area contributed by atoms with Crippen molar-refractivity contribution in [3.8, 4) is 0 Å². The van der Waals surface area contributed by atoms with Crippen molar-refractivity contribution in [2.24, 2.45) is 17.8 Å². The number of hydrogen-bond donors (Lipinski definition) is 2. The summed E-state index contributed by atoms with van der Waals surface area (Å²) in [6.07, 6.45) is 1.17. The van der Waals surface area contributed by atoms with Gasteiger partial charge in [-0.3, -0.25) is 0 Å². The number of ether oxygens (including phenoxy) is 1. The van der Waals surface area contributed by atoms with Crippen LogP contribution in [0.15, 0.2) is 18.2 Å². The number of halogens is 3. The molecule has 5 nitrogen and oxygen atoms in total. The van der Waals surface area contributed by atoms with E-state index in [9.17, 15) is 27.3 Å². The first kappa shape index (κ1) is 22.6. The van der Waals surface area contributed by atoms with Crippen molar-refractivity contribution in [2.75, 3.05) is 11.3 Å². The fourth-order valence-corrected chi connectivity index (χ4v) is 7.91. The van der Waals surface area contributed by atoms with Crippen LogP contribution in [0.1, 0.15) is 56.6 Å². The van der Waals surface area contributed by atoms with E-state index < -0.39 is 34.3 Å². The molecule has 0 saturated heterocycles. The molecule has 1 aromatic rings. The third-order valence-electron chi connectivity index (χ3n) is 7.20. The smallest absolute Gasteiger partial charge is 0.432 e. The average Bonchev–Trinajstić information content (AvgIpc) is 2.67. The molecule has 0 unspecified atom stereocenters. The van der Waals surface area contributed by atoms with E-state index in [1.165, 1.54) is 32.3 Å². The van der Waals surface area contributed by atoms with Crippen molar-refractivity contribution < 1.29 is 32.0 Å². The molecule has 0 aromatic heterocycles. The van der Waals surface area contributed by atoms with Gasteiger partial charge in [-0.05, 0) is 81.8 Å². The summed E-state index contributed by atoms with van der Waals surface area (Å²) in [5, 5.41) is 10.3. The summed E-state index contributed by atoms with van der Waals surface area (Å²) in [6.45, 7) is 2.64. The van der Waals surface area contributed by atoms with E-state index in [-0.39, 0.29) is 11.4 Å². The van der Waals surface area contributed by atoms with Gasteiger partial charge in [-0.2, -0.15) is 13.2 Å². The summed E-state index contributed by atoms with van der Waals surface area (Å²) in [5.41, 5.74) is -3.58. The molecule has 4 saturated carbocycles. The lowest BCUT2D eigenvalue weighted by Gasteiger charge is -2.55. The van der Waals surface area contributed by atoms with Crippen LogP contribution in [0.25, 0.3) is 0 Å². The monoisotopic (exact) mass is 459 g/mol. The summed E-state index contributed by atoms with van der Waals surface area (Å²) in [5.74, 6) is 0.0882. The van der Waals surface area contributed by atoms with Gasteiger partial charge in [-0.1, -0.05) is 12.1 Å². The van der Waals surface area contributed by atoms with Gasteiger partial charge in [0.2, 0.25) is 0 Å².